The number of carbonyl (C=O) groups is 1. The molecule has 0 unspecified atom stereocenters. The quantitative estimate of drug-likeness (QED) is 0.667. The summed E-state index contributed by atoms with van der Waals surface area (Å²) in [6.07, 6.45) is -0.652. The van der Waals surface area contributed by atoms with Crippen molar-refractivity contribution < 1.29 is 18.0 Å². The number of rotatable bonds is 1. The smallest absolute Gasteiger partial charge is 0.284 e. The maximum atomic E-state index is 12.2. The summed E-state index contributed by atoms with van der Waals surface area (Å²) in [6, 6.07) is 0. The second kappa shape index (κ2) is 2.95. The fraction of sp³-hybridized carbons (Fsp3) is 0.444. The minimum Gasteiger partial charge on any atom is -0.284 e. The van der Waals surface area contributed by atoms with Crippen LogP contribution in [0.1, 0.15) is 6.42 Å². The minimum absolute atomic E-state index is 0.0266. The van der Waals surface area contributed by atoms with Gasteiger partial charge in [0.1, 0.15) is 0 Å². The summed E-state index contributed by atoms with van der Waals surface area (Å²) >= 11 is 3.06. The molecule has 0 N–H and O–H groups in total. The van der Waals surface area contributed by atoms with Gasteiger partial charge < -0.3 is 0 Å². The Hall–Kier alpha value is -0.580. The summed E-state index contributed by atoms with van der Waals surface area (Å²) in [4.78, 5) is 11.0. The predicted molar refractivity (Wildman–Crippen MR) is 47.8 cm³/mol. The molecule has 0 aromatic carbocycles. The Morgan fingerprint density at radius 3 is 2.36 bits per heavy atom. The molecule has 14 heavy (non-hydrogen) atoms. The zero-order valence-corrected chi connectivity index (χ0v) is 8.52. The van der Waals surface area contributed by atoms with E-state index < -0.39 is 12.0 Å². The molecule has 2 bridgehead atoms. The lowest BCUT2D eigenvalue weighted by atomic mass is 9.99. The molecule has 0 radical (unpaired) electrons. The Balaban J connectivity index is 2.33. The molecule has 0 heterocycles. The van der Waals surface area contributed by atoms with Crippen LogP contribution in [0.15, 0.2) is 22.2 Å². The molecule has 0 amide bonds. The first-order chi connectivity index (χ1) is 6.41. The van der Waals surface area contributed by atoms with Crippen molar-refractivity contribution in [1.29, 1.82) is 0 Å². The molecule has 0 saturated heterocycles. The van der Waals surface area contributed by atoms with Crippen molar-refractivity contribution in [3.8, 4) is 0 Å². The third-order valence-corrected chi connectivity index (χ3v) is 3.55. The van der Waals surface area contributed by atoms with Crippen molar-refractivity contribution >= 4 is 21.7 Å². The SMILES string of the molecule is O=C(C1=C(Br)[C@@H]2C=C[C@H]1C2)C(F)(F)F. The summed E-state index contributed by atoms with van der Waals surface area (Å²) in [5, 5.41) is 0. The number of hydrogen-bond donors (Lipinski definition) is 0. The number of carbonyl (C=O) groups excluding carboxylic acids is 1. The summed E-state index contributed by atoms with van der Waals surface area (Å²) in [6.45, 7) is 0. The summed E-state index contributed by atoms with van der Waals surface area (Å²) in [5.41, 5.74) is -0.106. The average molecular weight is 267 g/mol. The van der Waals surface area contributed by atoms with E-state index in [9.17, 15) is 18.0 Å². The van der Waals surface area contributed by atoms with E-state index in [1.165, 1.54) is 0 Å². The molecule has 0 aromatic heterocycles. The van der Waals surface area contributed by atoms with Crippen LogP contribution in [0.5, 0.6) is 0 Å². The van der Waals surface area contributed by atoms with Crippen molar-refractivity contribution in [2.75, 3.05) is 0 Å². The second-order valence-electron chi connectivity index (χ2n) is 3.42. The van der Waals surface area contributed by atoms with Gasteiger partial charge in [0, 0.05) is 21.9 Å². The van der Waals surface area contributed by atoms with Gasteiger partial charge in [-0.15, -0.1) is 0 Å². The molecule has 5 heteroatoms. The highest BCUT2D eigenvalue weighted by atomic mass is 79.9. The molecular formula is C9H6BrF3O. The van der Waals surface area contributed by atoms with Crippen LogP contribution in [-0.4, -0.2) is 12.0 Å². The maximum Gasteiger partial charge on any atom is 0.454 e. The lowest BCUT2D eigenvalue weighted by Crippen LogP contribution is -2.26. The third-order valence-electron chi connectivity index (χ3n) is 2.54. The topological polar surface area (TPSA) is 17.1 Å². The van der Waals surface area contributed by atoms with Gasteiger partial charge in [0.15, 0.2) is 0 Å². The minimum atomic E-state index is -4.76. The molecule has 2 rings (SSSR count). The molecule has 0 saturated carbocycles. The standard InChI is InChI=1S/C9H6BrF3O/c10-7-5-2-1-4(3-5)6(7)8(14)9(11,12)13/h1-2,4-5H,3H2/t4-,5+/m0/s1. The van der Waals surface area contributed by atoms with Crippen LogP contribution in [0.3, 0.4) is 0 Å². The molecule has 0 fully saturated rings. The number of hydrogen-bond acceptors (Lipinski definition) is 1. The highest BCUT2D eigenvalue weighted by Gasteiger charge is 2.47. The summed E-state index contributed by atoms with van der Waals surface area (Å²) < 4.78 is 36.9. The monoisotopic (exact) mass is 266 g/mol. The Bertz CT molecular complexity index is 354. The molecule has 0 spiro atoms. The first kappa shape index (κ1) is 9.96. The van der Waals surface area contributed by atoms with Crippen LogP contribution < -0.4 is 0 Å². The van der Waals surface area contributed by atoms with E-state index in [0.29, 0.717) is 10.9 Å². The van der Waals surface area contributed by atoms with Crippen molar-refractivity contribution in [2.45, 2.75) is 12.6 Å². The van der Waals surface area contributed by atoms with Crippen LogP contribution in [0.4, 0.5) is 13.2 Å². The fourth-order valence-corrected chi connectivity index (χ4v) is 2.72. The van der Waals surface area contributed by atoms with Crippen LogP contribution in [0.2, 0.25) is 0 Å². The second-order valence-corrected chi connectivity index (χ2v) is 4.28. The summed E-state index contributed by atoms with van der Waals surface area (Å²) in [5.74, 6) is -2.08. The number of ketones is 1. The van der Waals surface area contributed by atoms with Gasteiger partial charge in [-0.3, -0.25) is 4.79 Å². The largest absolute Gasteiger partial charge is 0.454 e. The molecule has 0 aliphatic heterocycles. The van der Waals surface area contributed by atoms with Crippen molar-refractivity contribution in [1.82, 2.24) is 0 Å². The van der Waals surface area contributed by atoms with Gasteiger partial charge in [-0.05, 0) is 6.42 Å². The predicted octanol–water partition coefficient (Wildman–Crippen LogP) is 2.97. The zero-order chi connectivity index (χ0) is 10.5. The van der Waals surface area contributed by atoms with Gasteiger partial charge >= 0.3 is 6.18 Å². The van der Waals surface area contributed by atoms with Crippen molar-refractivity contribution in [3.05, 3.63) is 22.2 Å². The number of Topliss-reactive ketones (excluding diaryl/α,β-unsaturated/α-hetero) is 1. The lowest BCUT2D eigenvalue weighted by molar-refractivity contribution is -0.166. The van der Waals surface area contributed by atoms with Crippen molar-refractivity contribution in [3.63, 3.8) is 0 Å². The van der Waals surface area contributed by atoms with Gasteiger partial charge in [-0.1, -0.05) is 28.1 Å². The van der Waals surface area contributed by atoms with Gasteiger partial charge in [0.2, 0.25) is 0 Å². The van der Waals surface area contributed by atoms with Gasteiger partial charge in [0.25, 0.3) is 5.78 Å². The number of alkyl halides is 3. The third kappa shape index (κ3) is 1.34. The molecule has 2 aliphatic carbocycles. The first-order valence-electron chi connectivity index (χ1n) is 4.10. The van der Waals surface area contributed by atoms with E-state index in [2.05, 4.69) is 15.9 Å². The van der Waals surface area contributed by atoms with E-state index in [0.717, 1.165) is 0 Å². The Labute approximate surface area is 86.8 Å². The number of allylic oxidation sites excluding steroid dienone is 4. The van der Waals surface area contributed by atoms with E-state index in [4.69, 9.17) is 0 Å². The van der Waals surface area contributed by atoms with Gasteiger partial charge in [-0.2, -0.15) is 13.2 Å². The molecule has 0 aromatic rings. The number of halogens is 4. The normalized spacial score (nSPS) is 30.3. The van der Waals surface area contributed by atoms with E-state index >= 15 is 0 Å². The molecule has 2 atom stereocenters. The first-order valence-corrected chi connectivity index (χ1v) is 4.90. The average Bonchev–Trinajstić information content (AvgIpc) is 2.61. The van der Waals surface area contributed by atoms with Crippen molar-refractivity contribution in [2.24, 2.45) is 11.8 Å². The zero-order valence-electron chi connectivity index (χ0n) is 6.94. The van der Waals surface area contributed by atoms with E-state index in [-0.39, 0.29) is 17.4 Å². The van der Waals surface area contributed by atoms with E-state index in [1.54, 1.807) is 6.08 Å². The highest BCUT2D eigenvalue weighted by Crippen LogP contribution is 2.48. The van der Waals surface area contributed by atoms with Crippen LogP contribution >= 0.6 is 15.9 Å². The fourth-order valence-electron chi connectivity index (χ4n) is 1.91. The van der Waals surface area contributed by atoms with Gasteiger partial charge in [-0.25, -0.2) is 0 Å². The van der Waals surface area contributed by atoms with Crippen LogP contribution in [0.25, 0.3) is 0 Å². The Kier molecular flexibility index (Phi) is 2.10. The molecular weight excluding hydrogens is 261 g/mol. The summed E-state index contributed by atoms with van der Waals surface area (Å²) in [7, 11) is 0. The molecule has 1 nitrogen and oxygen atoms in total. The van der Waals surface area contributed by atoms with Crippen LogP contribution in [-0.2, 0) is 4.79 Å². The molecule has 76 valence electrons. The van der Waals surface area contributed by atoms with Gasteiger partial charge in [0.05, 0.1) is 0 Å². The Morgan fingerprint density at radius 1 is 1.36 bits per heavy atom. The highest BCUT2D eigenvalue weighted by molar-refractivity contribution is 9.11. The Morgan fingerprint density at radius 2 is 1.93 bits per heavy atom. The molecule has 2 aliphatic rings. The lowest BCUT2D eigenvalue weighted by Gasteiger charge is -2.12. The van der Waals surface area contributed by atoms with Crippen LogP contribution in [0, 0.1) is 11.8 Å². The maximum absolute atomic E-state index is 12.2. The number of fused-ring (bicyclic) bond motifs is 2. The van der Waals surface area contributed by atoms with E-state index in [1.807, 2.05) is 6.08 Å².